The number of benzene rings is 1. The SMILES string of the molecule is CCOC(=O)C1=C(C(=O)OCC)c2cc(Cl)ccc2C(C)C1. The minimum Gasteiger partial charge on any atom is -0.463 e. The van der Waals surface area contributed by atoms with Crippen LogP contribution in [0, 0.1) is 0 Å². The van der Waals surface area contributed by atoms with Crippen LogP contribution >= 0.6 is 11.6 Å². The van der Waals surface area contributed by atoms with E-state index in [0.29, 0.717) is 22.6 Å². The van der Waals surface area contributed by atoms with Gasteiger partial charge in [0.1, 0.15) is 0 Å². The van der Waals surface area contributed by atoms with Crippen LogP contribution in [-0.4, -0.2) is 25.2 Å². The first-order chi connectivity index (χ1) is 10.5. The zero-order valence-corrected chi connectivity index (χ0v) is 13.7. The van der Waals surface area contributed by atoms with Gasteiger partial charge in [-0.05, 0) is 49.4 Å². The standard InChI is InChI=1S/C17H19ClO4/c1-4-21-16(19)14-8-10(3)12-7-6-11(18)9-13(12)15(14)17(20)22-5-2/h6-7,9-10H,4-5,8H2,1-3H3. The molecule has 0 fully saturated rings. The van der Waals surface area contributed by atoms with Crippen LogP contribution in [0.15, 0.2) is 23.8 Å². The summed E-state index contributed by atoms with van der Waals surface area (Å²) < 4.78 is 10.2. The highest BCUT2D eigenvalue weighted by atomic mass is 35.5. The summed E-state index contributed by atoms with van der Waals surface area (Å²) >= 11 is 6.07. The molecule has 0 aliphatic heterocycles. The normalized spacial score (nSPS) is 17.0. The quantitative estimate of drug-likeness (QED) is 0.793. The molecular weight excluding hydrogens is 304 g/mol. The summed E-state index contributed by atoms with van der Waals surface area (Å²) in [7, 11) is 0. The van der Waals surface area contributed by atoms with Crippen LogP contribution in [-0.2, 0) is 19.1 Å². The molecule has 0 spiro atoms. The largest absolute Gasteiger partial charge is 0.463 e. The summed E-state index contributed by atoms with van der Waals surface area (Å²) in [4.78, 5) is 24.6. The second-order valence-electron chi connectivity index (χ2n) is 5.13. The van der Waals surface area contributed by atoms with Crippen LogP contribution in [0.25, 0.3) is 5.57 Å². The molecular formula is C17H19ClO4. The topological polar surface area (TPSA) is 52.6 Å². The highest BCUT2D eigenvalue weighted by Gasteiger charge is 2.33. The minimum atomic E-state index is -0.513. The predicted molar refractivity (Wildman–Crippen MR) is 84.7 cm³/mol. The van der Waals surface area contributed by atoms with Gasteiger partial charge >= 0.3 is 11.9 Å². The first-order valence-electron chi connectivity index (χ1n) is 7.36. The molecule has 5 heteroatoms. The number of hydrogen-bond acceptors (Lipinski definition) is 4. The summed E-state index contributed by atoms with van der Waals surface area (Å²) in [6.45, 7) is 5.97. The third-order valence-corrected chi connectivity index (χ3v) is 3.86. The molecule has 0 aromatic heterocycles. The van der Waals surface area contributed by atoms with Gasteiger partial charge in [0.05, 0.1) is 24.4 Å². The van der Waals surface area contributed by atoms with Gasteiger partial charge in [-0.2, -0.15) is 0 Å². The molecule has 0 saturated carbocycles. The van der Waals surface area contributed by atoms with E-state index in [9.17, 15) is 9.59 Å². The first kappa shape index (κ1) is 16.6. The molecule has 0 radical (unpaired) electrons. The van der Waals surface area contributed by atoms with Gasteiger partial charge in [0.2, 0.25) is 0 Å². The molecule has 0 heterocycles. The average molecular weight is 323 g/mol. The molecule has 1 aliphatic carbocycles. The monoisotopic (exact) mass is 322 g/mol. The second-order valence-corrected chi connectivity index (χ2v) is 5.57. The van der Waals surface area contributed by atoms with Gasteiger partial charge in [-0.15, -0.1) is 0 Å². The van der Waals surface area contributed by atoms with Crippen LogP contribution in [0.4, 0.5) is 0 Å². The number of carbonyl (C=O) groups is 2. The number of rotatable bonds is 4. The van der Waals surface area contributed by atoms with Crippen molar-refractivity contribution in [2.45, 2.75) is 33.1 Å². The summed E-state index contributed by atoms with van der Waals surface area (Å²) in [5.41, 5.74) is 2.28. The number of carbonyl (C=O) groups excluding carboxylic acids is 2. The maximum Gasteiger partial charge on any atom is 0.339 e. The van der Waals surface area contributed by atoms with E-state index in [1.165, 1.54) is 0 Å². The Bertz CT molecular complexity index is 634. The van der Waals surface area contributed by atoms with Crippen molar-refractivity contribution in [2.24, 2.45) is 0 Å². The summed E-state index contributed by atoms with van der Waals surface area (Å²) in [5, 5.41) is 0.512. The molecule has 1 aliphatic rings. The van der Waals surface area contributed by atoms with Crippen molar-refractivity contribution in [3.05, 3.63) is 39.9 Å². The number of esters is 2. The lowest BCUT2D eigenvalue weighted by Crippen LogP contribution is -2.22. The Hall–Kier alpha value is -1.81. The fourth-order valence-electron chi connectivity index (χ4n) is 2.70. The Morgan fingerprint density at radius 3 is 2.45 bits per heavy atom. The number of halogens is 1. The maximum absolute atomic E-state index is 12.4. The molecule has 1 aromatic carbocycles. The van der Waals surface area contributed by atoms with E-state index in [-0.39, 0.29) is 24.7 Å². The summed E-state index contributed by atoms with van der Waals surface area (Å²) in [6.07, 6.45) is 0.446. The highest BCUT2D eigenvalue weighted by molar-refractivity contribution is 6.31. The lowest BCUT2D eigenvalue weighted by Gasteiger charge is -2.26. The van der Waals surface area contributed by atoms with Crippen molar-refractivity contribution in [3.63, 3.8) is 0 Å². The Labute approximate surface area is 135 Å². The zero-order valence-electron chi connectivity index (χ0n) is 12.9. The van der Waals surface area contributed by atoms with Gasteiger partial charge in [-0.25, -0.2) is 9.59 Å². The van der Waals surface area contributed by atoms with Gasteiger partial charge in [0.25, 0.3) is 0 Å². The van der Waals surface area contributed by atoms with E-state index in [1.54, 1.807) is 26.0 Å². The highest BCUT2D eigenvalue weighted by Crippen LogP contribution is 2.40. The second kappa shape index (κ2) is 6.97. The fourth-order valence-corrected chi connectivity index (χ4v) is 2.87. The molecule has 2 rings (SSSR count). The Kier molecular flexibility index (Phi) is 5.24. The number of ether oxygens (including phenoxy) is 2. The van der Waals surface area contributed by atoms with Crippen molar-refractivity contribution in [2.75, 3.05) is 13.2 Å². The van der Waals surface area contributed by atoms with Gasteiger partial charge < -0.3 is 9.47 Å². The summed E-state index contributed by atoms with van der Waals surface area (Å²) in [6, 6.07) is 5.39. The smallest absolute Gasteiger partial charge is 0.339 e. The minimum absolute atomic E-state index is 0.102. The van der Waals surface area contributed by atoms with E-state index in [4.69, 9.17) is 21.1 Å². The van der Waals surface area contributed by atoms with Crippen LogP contribution in [0.2, 0.25) is 5.02 Å². The molecule has 118 valence electrons. The van der Waals surface area contributed by atoms with E-state index >= 15 is 0 Å². The number of fused-ring (bicyclic) bond motifs is 1. The van der Waals surface area contributed by atoms with Crippen molar-refractivity contribution in [1.29, 1.82) is 0 Å². The first-order valence-corrected chi connectivity index (χ1v) is 7.74. The van der Waals surface area contributed by atoms with Gasteiger partial charge in [-0.1, -0.05) is 24.6 Å². The molecule has 0 amide bonds. The zero-order chi connectivity index (χ0) is 16.3. The lowest BCUT2D eigenvalue weighted by molar-refractivity contribution is -0.140. The van der Waals surface area contributed by atoms with Crippen LogP contribution in [0.1, 0.15) is 44.2 Å². The van der Waals surface area contributed by atoms with Crippen molar-refractivity contribution in [1.82, 2.24) is 0 Å². The van der Waals surface area contributed by atoms with Crippen LogP contribution < -0.4 is 0 Å². The van der Waals surface area contributed by atoms with Crippen molar-refractivity contribution in [3.8, 4) is 0 Å². The van der Waals surface area contributed by atoms with Gasteiger partial charge in [0, 0.05) is 5.02 Å². The average Bonchev–Trinajstić information content (AvgIpc) is 2.47. The molecule has 0 saturated heterocycles. The van der Waals surface area contributed by atoms with Gasteiger partial charge in [0.15, 0.2) is 0 Å². The van der Waals surface area contributed by atoms with E-state index in [1.807, 2.05) is 13.0 Å². The lowest BCUT2D eigenvalue weighted by atomic mass is 9.79. The van der Waals surface area contributed by atoms with E-state index < -0.39 is 11.9 Å². The van der Waals surface area contributed by atoms with Crippen LogP contribution in [0.5, 0.6) is 0 Å². The maximum atomic E-state index is 12.4. The Balaban J connectivity index is 2.63. The molecule has 1 atom stereocenters. The fraction of sp³-hybridized carbons (Fsp3) is 0.412. The van der Waals surface area contributed by atoms with E-state index in [2.05, 4.69) is 0 Å². The number of hydrogen-bond donors (Lipinski definition) is 0. The predicted octanol–water partition coefficient (Wildman–Crippen LogP) is 3.73. The third-order valence-electron chi connectivity index (χ3n) is 3.63. The van der Waals surface area contributed by atoms with Crippen molar-refractivity contribution < 1.29 is 19.1 Å². The third kappa shape index (κ3) is 3.17. The Morgan fingerprint density at radius 2 is 1.82 bits per heavy atom. The summed E-state index contributed by atoms with van der Waals surface area (Å²) in [5.74, 6) is -0.881. The molecule has 22 heavy (non-hydrogen) atoms. The molecule has 4 nitrogen and oxygen atoms in total. The van der Waals surface area contributed by atoms with E-state index in [0.717, 1.165) is 5.56 Å². The van der Waals surface area contributed by atoms with Crippen LogP contribution in [0.3, 0.4) is 0 Å². The molecule has 1 unspecified atom stereocenters. The molecule has 0 bridgehead atoms. The van der Waals surface area contributed by atoms with Gasteiger partial charge in [-0.3, -0.25) is 0 Å². The van der Waals surface area contributed by atoms with Crippen molar-refractivity contribution >= 4 is 29.1 Å². The molecule has 1 aromatic rings. The molecule has 0 N–H and O–H groups in total. The Morgan fingerprint density at radius 1 is 1.18 bits per heavy atom.